The Morgan fingerprint density at radius 3 is 2.50 bits per heavy atom. The van der Waals surface area contributed by atoms with Gasteiger partial charge in [0, 0.05) is 31.8 Å². The van der Waals surface area contributed by atoms with Gasteiger partial charge >= 0.3 is 0 Å². The maximum atomic E-state index is 4.66. The number of aromatic nitrogens is 2. The van der Waals surface area contributed by atoms with E-state index in [1.165, 1.54) is 0 Å². The van der Waals surface area contributed by atoms with Crippen LogP contribution in [0.5, 0.6) is 0 Å². The van der Waals surface area contributed by atoms with Gasteiger partial charge in [-0.05, 0) is 13.3 Å². The average Bonchev–Trinajstić information content (AvgIpc) is 2.52. The maximum Gasteiger partial charge on any atom is 0.163 e. The molecule has 20 heavy (non-hydrogen) atoms. The highest BCUT2D eigenvalue weighted by Crippen LogP contribution is 2.21. The van der Waals surface area contributed by atoms with Crippen molar-refractivity contribution in [2.24, 2.45) is 0 Å². The summed E-state index contributed by atoms with van der Waals surface area (Å²) in [6.07, 6.45) is 1.07. The molecule has 4 heteroatoms. The highest BCUT2D eigenvalue weighted by atomic mass is 15.2. The summed E-state index contributed by atoms with van der Waals surface area (Å²) in [6.45, 7) is 6.09. The Morgan fingerprint density at radius 2 is 1.85 bits per heavy atom. The first-order valence-corrected chi connectivity index (χ1v) is 7.14. The first kappa shape index (κ1) is 14.3. The number of benzene rings is 1. The van der Waals surface area contributed by atoms with Crippen LogP contribution in [-0.4, -0.2) is 30.1 Å². The van der Waals surface area contributed by atoms with Crippen molar-refractivity contribution >= 4 is 11.6 Å². The molecule has 0 amide bonds. The van der Waals surface area contributed by atoms with Gasteiger partial charge in [0.1, 0.15) is 11.6 Å². The lowest BCUT2D eigenvalue weighted by Crippen LogP contribution is -2.18. The zero-order valence-electron chi connectivity index (χ0n) is 12.4. The van der Waals surface area contributed by atoms with Crippen molar-refractivity contribution in [1.82, 2.24) is 9.97 Å². The average molecular weight is 270 g/mol. The third-order valence-corrected chi connectivity index (χ3v) is 3.17. The standard InChI is InChI=1S/C16H22N4/c1-4-11-17-14-12-15(20(3)5-2)19-16(18-14)13-9-7-6-8-10-13/h6-10,12H,4-5,11H2,1-3H3,(H,17,18,19). The van der Waals surface area contributed by atoms with Gasteiger partial charge < -0.3 is 10.2 Å². The summed E-state index contributed by atoms with van der Waals surface area (Å²) in [7, 11) is 2.04. The molecule has 0 fully saturated rings. The molecule has 0 radical (unpaired) electrons. The van der Waals surface area contributed by atoms with Gasteiger partial charge in [0.2, 0.25) is 0 Å². The normalized spacial score (nSPS) is 10.3. The van der Waals surface area contributed by atoms with Gasteiger partial charge in [0.05, 0.1) is 0 Å². The van der Waals surface area contributed by atoms with Crippen LogP contribution in [0.3, 0.4) is 0 Å². The van der Waals surface area contributed by atoms with E-state index < -0.39 is 0 Å². The molecule has 2 rings (SSSR count). The summed E-state index contributed by atoms with van der Waals surface area (Å²) in [5.41, 5.74) is 1.04. The molecule has 2 aromatic rings. The fourth-order valence-corrected chi connectivity index (χ4v) is 1.85. The highest BCUT2D eigenvalue weighted by Gasteiger charge is 2.08. The Bertz CT molecular complexity index is 539. The topological polar surface area (TPSA) is 41.0 Å². The van der Waals surface area contributed by atoms with Crippen LogP contribution in [0.2, 0.25) is 0 Å². The summed E-state index contributed by atoms with van der Waals surface area (Å²) in [5.74, 6) is 2.60. The largest absolute Gasteiger partial charge is 0.370 e. The van der Waals surface area contributed by atoms with E-state index in [2.05, 4.69) is 34.0 Å². The number of nitrogens with zero attached hydrogens (tertiary/aromatic N) is 3. The fraction of sp³-hybridized carbons (Fsp3) is 0.375. The van der Waals surface area contributed by atoms with E-state index in [-0.39, 0.29) is 0 Å². The van der Waals surface area contributed by atoms with Crippen molar-refractivity contribution < 1.29 is 0 Å². The molecule has 1 heterocycles. The molecule has 0 bridgehead atoms. The van der Waals surface area contributed by atoms with E-state index in [9.17, 15) is 0 Å². The van der Waals surface area contributed by atoms with E-state index in [0.717, 1.165) is 42.5 Å². The number of anilines is 2. The number of nitrogens with one attached hydrogen (secondary N) is 1. The summed E-state index contributed by atoms with van der Waals surface area (Å²) in [4.78, 5) is 11.4. The zero-order valence-corrected chi connectivity index (χ0v) is 12.4. The second kappa shape index (κ2) is 6.89. The molecule has 1 aromatic heterocycles. The lowest BCUT2D eigenvalue weighted by molar-refractivity contribution is 0.923. The maximum absolute atomic E-state index is 4.66. The van der Waals surface area contributed by atoms with Gasteiger partial charge in [0.15, 0.2) is 5.82 Å². The summed E-state index contributed by atoms with van der Waals surface area (Å²) >= 11 is 0. The molecule has 0 unspecified atom stereocenters. The van der Waals surface area contributed by atoms with Crippen molar-refractivity contribution in [2.75, 3.05) is 30.4 Å². The molecule has 4 nitrogen and oxygen atoms in total. The molecule has 0 atom stereocenters. The van der Waals surface area contributed by atoms with Gasteiger partial charge in [0.25, 0.3) is 0 Å². The molecule has 1 aromatic carbocycles. The highest BCUT2D eigenvalue weighted by molar-refractivity contribution is 5.61. The number of hydrogen-bond acceptors (Lipinski definition) is 4. The molecule has 0 spiro atoms. The van der Waals surface area contributed by atoms with E-state index in [1.54, 1.807) is 0 Å². The zero-order chi connectivity index (χ0) is 14.4. The van der Waals surface area contributed by atoms with E-state index in [1.807, 2.05) is 43.4 Å². The quantitative estimate of drug-likeness (QED) is 0.873. The van der Waals surface area contributed by atoms with Crippen LogP contribution in [0.15, 0.2) is 36.4 Å². The fourth-order valence-electron chi connectivity index (χ4n) is 1.85. The molecule has 0 aliphatic carbocycles. The smallest absolute Gasteiger partial charge is 0.163 e. The molecular formula is C16H22N4. The van der Waals surface area contributed by atoms with Crippen LogP contribution in [0.4, 0.5) is 11.6 Å². The Labute approximate surface area is 120 Å². The SMILES string of the molecule is CCCNc1cc(N(C)CC)nc(-c2ccccc2)n1. The minimum atomic E-state index is 0.766. The monoisotopic (exact) mass is 270 g/mol. The second-order valence-corrected chi connectivity index (χ2v) is 4.74. The minimum Gasteiger partial charge on any atom is -0.370 e. The molecule has 106 valence electrons. The summed E-state index contributed by atoms with van der Waals surface area (Å²) in [6, 6.07) is 12.1. The van der Waals surface area contributed by atoms with Gasteiger partial charge in [-0.25, -0.2) is 9.97 Å². The molecule has 0 aliphatic rings. The van der Waals surface area contributed by atoms with Crippen LogP contribution in [-0.2, 0) is 0 Å². The number of hydrogen-bond donors (Lipinski definition) is 1. The van der Waals surface area contributed by atoms with Crippen molar-refractivity contribution in [1.29, 1.82) is 0 Å². The summed E-state index contributed by atoms with van der Waals surface area (Å²) in [5, 5.41) is 3.35. The molecular weight excluding hydrogens is 248 g/mol. The van der Waals surface area contributed by atoms with Gasteiger partial charge in [-0.3, -0.25) is 0 Å². The van der Waals surface area contributed by atoms with Crippen LogP contribution >= 0.6 is 0 Å². The minimum absolute atomic E-state index is 0.766. The Hall–Kier alpha value is -2.10. The predicted molar refractivity (Wildman–Crippen MR) is 85.2 cm³/mol. The Balaban J connectivity index is 2.40. The molecule has 1 N–H and O–H groups in total. The van der Waals surface area contributed by atoms with Crippen molar-refractivity contribution in [3.05, 3.63) is 36.4 Å². The van der Waals surface area contributed by atoms with Crippen LogP contribution in [0.25, 0.3) is 11.4 Å². The van der Waals surface area contributed by atoms with Gasteiger partial charge in [-0.15, -0.1) is 0 Å². The van der Waals surface area contributed by atoms with Crippen LogP contribution < -0.4 is 10.2 Å². The van der Waals surface area contributed by atoms with Crippen molar-refractivity contribution in [3.8, 4) is 11.4 Å². The molecule has 0 aliphatic heterocycles. The van der Waals surface area contributed by atoms with Crippen LogP contribution in [0.1, 0.15) is 20.3 Å². The lowest BCUT2D eigenvalue weighted by Gasteiger charge is -2.17. The molecule has 0 saturated carbocycles. The van der Waals surface area contributed by atoms with E-state index in [0.29, 0.717) is 0 Å². The van der Waals surface area contributed by atoms with Crippen LogP contribution in [0, 0.1) is 0 Å². The molecule has 0 saturated heterocycles. The van der Waals surface area contributed by atoms with Gasteiger partial charge in [-0.2, -0.15) is 0 Å². The van der Waals surface area contributed by atoms with E-state index in [4.69, 9.17) is 0 Å². The number of rotatable bonds is 6. The first-order valence-electron chi connectivity index (χ1n) is 7.14. The third-order valence-electron chi connectivity index (χ3n) is 3.17. The lowest BCUT2D eigenvalue weighted by atomic mass is 10.2. The van der Waals surface area contributed by atoms with E-state index >= 15 is 0 Å². The summed E-state index contributed by atoms with van der Waals surface area (Å²) < 4.78 is 0. The van der Waals surface area contributed by atoms with Gasteiger partial charge in [-0.1, -0.05) is 37.3 Å². The third kappa shape index (κ3) is 3.47. The van der Waals surface area contributed by atoms with Crippen molar-refractivity contribution in [3.63, 3.8) is 0 Å². The first-order chi connectivity index (χ1) is 9.74. The Morgan fingerprint density at radius 1 is 1.10 bits per heavy atom. The predicted octanol–water partition coefficient (Wildman–Crippen LogP) is 3.42. The Kier molecular flexibility index (Phi) is 4.93. The second-order valence-electron chi connectivity index (χ2n) is 4.74. The van der Waals surface area contributed by atoms with Crippen molar-refractivity contribution in [2.45, 2.75) is 20.3 Å².